The van der Waals surface area contributed by atoms with Crippen molar-refractivity contribution in [2.45, 2.75) is 6.54 Å². The lowest BCUT2D eigenvalue weighted by Gasteiger charge is -2.13. The number of methoxy groups -OCH3 is 1. The van der Waals surface area contributed by atoms with E-state index >= 15 is 4.39 Å². The summed E-state index contributed by atoms with van der Waals surface area (Å²) in [6.07, 6.45) is 5.56. The minimum Gasteiger partial charge on any atom is -0.493 e. The highest BCUT2D eigenvalue weighted by Crippen LogP contribution is 2.34. The lowest BCUT2D eigenvalue weighted by molar-refractivity contribution is 0.194. The summed E-state index contributed by atoms with van der Waals surface area (Å²) in [5.41, 5.74) is 3.39. The first-order valence-corrected chi connectivity index (χ1v) is 8.63. The molecule has 3 aromatic heterocycles. The number of amides is 1. The van der Waals surface area contributed by atoms with Gasteiger partial charge >= 0.3 is 6.09 Å². The Kier molecular flexibility index (Phi) is 4.59. The second-order valence-electron chi connectivity index (χ2n) is 6.35. The topological polar surface area (TPSA) is 107 Å². The standard InChI is InChI=1S/C19H17FN6O3/c1-25-8-13(7-23-25)12-5-15-17(22-10-24-26(15)9-12)14-4-3-11(6-21-19(27)28)18(29-2)16(14)20/h3-5,7-10,21H,6H2,1-2H3,(H,27,28). The maximum Gasteiger partial charge on any atom is 0.404 e. The van der Waals surface area contributed by atoms with Crippen LogP contribution in [0, 0.1) is 5.82 Å². The van der Waals surface area contributed by atoms with Crippen molar-refractivity contribution >= 4 is 11.6 Å². The first kappa shape index (κ1) is 18.4. The van der Waals surface area contributed by atoms with Crippen molar-refractivity contribution in [3.05, 3.63) is 54.5 Å². The van der Waals surface area contributed by atoms with Gasteiger partial charge in [0.2, 0.25) is 0 Å². The van der Waals surface area contributed by atoms with Crippen molar-refractivity contribution in [1.82, 2.24) is 29.7 Å². The minimum atomic E-state index is -1.20. The van der Waals surface area contributed by atoms with Gasteiger partial charge in [-0.2, -0.15) is 10.2 Å². The zero-order chi connectivity index (χ0) is 20.5. The lowest BCUT2D eigenvalue weighted by Crippen LogP contribution is -2.20. The fourth-order valence-electron chi connectivity index (χ4n) is 3.18. The van der Waals surface area contributed by atoms with Gasteiger partial charge < -0.3 is 15.2 Å². The van der Waals surface area contributed by atoms with Crippen LogP contribution in [0.1, 0.15) is 5.56 Å². The van der Waals surface area contributed by atoms with E-state index in [2.05, 4.69) is 20.5 Å². The molecule has 4 rings (SSSR count). The predicted molar refractivity (Wildman–Crippen MR) is 102 cm³/mol. The normalized spacial score (nSPS) is 11.0. The third kappa shape index (κ3) is 3.35. The van der Waals surface area contributed by atoms with Crippen molar-refractivity contribution in [2.24, 2.45) is 7.05 Å². The highest BCUT2D eigenvalue weighted by Gasteiger charge is 2.19. The Morgan fingerprint density at radius 1 is 1.28 bits per heavy atom. The first-order chi connectivity index (χ1) is 14.0. The summed E-state index contributed by atoms with van der Waals surface area (Å²) in [5, 5.41) is 19.4. The van der Waals surface area contributed by atoms with Crippen LogP contribution in [0.5, 0.6) is 5.75 Å². The molecule has 0 bridgehead atoms. The van der Waals surface area contributed by atoms with Crippen LogP contribution in [0.15, 0.2) is 43.1 Å². The van der Waals surface area contributed by atoms with E-state index in [0.29, 0.717) is 16.8 Å². The molecule has 29 heavy (non-hydrogen) atoms. The van der Waals surface area contributed by atoms with Gasteiger partial charge in [-0.3, -0.25) is 4.68 Å². The molecule has 0 aliphatic carbocycles. The van der Waals surface area contributed by atoms with Gasteiger partial charge in [-0.15, -0.1) is 0 Å². The van der Waals surface area contributed by atoms with Crippen LogP contribution in [-0.4, -0.2) is 42.7 Å². The van der Waals surface area contributed by atoms with Crippen molar-refractivity contribution in [3.63, 3.8) is 0 Å². The van der Waals surface area contributed by atoms with Crippen LogP contribution in [0.3, 0.4) is 0 Å². The third-order valence-corrected chi connectivity index (χ3v) is 4.51. The molecule has 0 saturated carbocycles. The highest BCUT2D eigenvalue weighted by molar-refractivity contribution is 5.82. The van der Waals surface area contributed by atoms with Crippen LogP contribution in [0.2, 0.25) is 0 Å². The molecule has 0 fully saturated rings. The molecule has 0 saturated heterocycles. The molecular weight excluding hydrogens is 379 g/mol. The van der Waals surface area contributed by atoms with Crippen molar-refractivity contribution in [1.29, 1.82) is 0 Å². The van der Waals surface area contributed by atoms with E-state index in [0.717, 1.165) is 11.1 Å². The largest absolute Gasteiger partial charge is 0.493 e. The Balaban J connectivity index is 1.82. The highest BCUT2D eigenvalue weighted by atomic mass is 19.1. The van der Waals surface area contributed by atoms with Crippen molar-refractivity contribution in [3.8, 4) is 28.1 Å². The zero-order valence-electron chi connectivity index (χ0n) is 15.6. The number of benzene rings is 1. The number of nitrogens with zero attached hydrogens (tertiary/aromatic N) is 5. The molecular formula is C19H17FN6O3. The first-order valence-electron chi connectivity index (χ1n) is 8.63. The Morgan fingerprint density at radius 2 is 2.10 bits per heavy atom. The van der Waals surface area contributed by atoms with Gasteiger partial charge in [0.25, 0.3) is 0 Å². The summed E-state index contributed by atoms with van der Waals surface area (Å²) in [5.74, 6) is -0.658. The molecule has 2 N–H and O–H groups in total. The number of nitrogens with one attached hydrogen (secondary N) is 1. The number of rotatable bonds is 5. The SMILES string of the molecule is COc1c(CNC(=O)O)ccc(-c2ncnn3cc(-c4cnn(C)c4)cc23)c1F. The summed E-state index contributed by atoms with van der Waals surface area (Å²) < 4.78 is 23.7. The minimum absolute atomic E-state index is 0.0351. The van der Waals surface area contributed by atoms with E-state index in [1.807, 2.05) is 25.5 Å². The van der Waals surface area contributed by atoms with Crippen LogP contribution in [0.25, 0.3) is 27.9 Å². The number of fused-ring (bicyclic) bond motifs is 1. The maximum atomic E-state index is 15.2. The lowest BCUT2D eigenvalue weighted by atomic mass is 10.1. The van der Waals surface area contributed by atoms with E-state index in [1.165, 1.54) is 13.4 Å². The van der Waals surface area contributed by atoms with Gasteiger partial charge in [-0.1, -0.05) is 6.07 Å². The third-order valence-electron chi connectivity index (χ3n) is 4.51. The van der Waals surface area contributed by atoms with E-state index in [1.54, 1.807) is 27.5 Å². The molecule has 4 aromatic rings. The van der Waals surface area contributed by atoms with Crippen molar-refractivity contribution < 1.29 is 19.0 Å². The molecule has 3 heterocycles. The maximum absolute atomic E-state index is 15.2. The van der Waals surface area contributed by atoms with Crippen LogP contribution in [0.4, 0.5) is 9.18 Å². The molecule has 0 unspecified atom stereocenters. The summed E-state index contributed by atoms with van der Waals surface area (Å²) in [6.45, 7) is -0.0782. The van der Waals surface area contributed by atoms with Crippen LogP contribution >= 0.6 is 0 Å². The predicted octanol–water partition coefficient (Wildman–Crippen LogP) is 2.71. The van der Waals surface area contributed by atoms with E-state index in [4.69, 9.17) is 9.84 Å². The molecule has 1 amide bonds. The Labute approximate surface area is 164 Å². The molecule has 148 valence electrons. The smallest absolute Gasteiger partial charge is 0.404 e. The van der Waals surface area contributed by atoms with Gasteiger partial charge in [0.1, 0.15) is 12.0 Å². The van der Waals surface area contributed by atoms with Crippen LogP contribution < -0.4 is 10.1 Å². The second kappa shape index (κ2) is 7.23. The molecule has 1 aromatic carbocycles. The fourth-order valence-corrected chi connectivity index (χ4v) is 3.18. The summed E-state index contributed by atoms with van der Waals surface area (Å²) in [4.78, 5) is 15.0. The van der Waals surface area contributed by atoms with Crippen molar-refractivity contribution in [2.75, 3.05) is 7.11 Å². The van der Waals surface area contributed by atoms with E-state index in [9.17, 15) is 4.79 Å². The number of ether oxygens (including phenoxy) is 1. The average molecular weight is 396 g/mol. The molecule has 0 spiro atoms. The summed E-state index contributed by atoms with van der Waals surface area (Å²) in [7, 11) is 3.16. The Bertz CT molecular complexity index is 1220. The van der Waals surface area contributed by atoms with Gasteiger partial charge in [-0.05, 0) is 12.1 Å². The van der Waals surface area contributed by atoms with Gasteiger partial charge in [0.15, 0.2) is 11.6 Å². The molecule has 0 atom stereocenters. The number of halogens is 1. The van der Waals surface area contributed by atoms with E-state index in [-0.39, 0.29) is 17.9 Å². The van der Waals surface area contributed by atoms with Gasteiger partial charge in [0, 0.05) is 48.2 Å². The summed E-state index contributed by atoms with van der Waals surface area (Å²) in [6, 6.07) is 5.02. The zero-order valence-corrected chi connectivity index (χ0v) is 15.6. The average Bonchev–Trinajstić information content (AvgIpc) is 3.32. The Morgan fingerprint density at radius 3 is 2.79 bits per heavy atom. The number of carboxylic acid groups (broad SMARTS) is 1. The number of carbonyl (C=O) groups is 1. The monoisotopic (exact) mass is 396 g/mol. The fraction of sp³-hybridized carbons (Fsp3) is 0.158. The number of aryl methyl sites for hydroxylation is 1. The van der Waals surface area contributed by atoms with Gasteiger partial charge in [-0.25, -0.2) is 18.7 Å². The molecule has 0 aliphatic heterocycles. The van der Waals surface area contributed by atoms with E-state index < -0.39 is 11.9 Å². The number of aromatic nitrogens is 5. The second-order valence-corrected chi connectivity index (χ2v) is 6.35. The number of hydrogen-bond acceptors (Lipinski definition) is 5. The summed E-state index contributed by atoms with van der Waals surface area (Å²) >= 11 is 0. The van der Waals surface area contributed by atoms with Gasteiger partial charge in [0.05, 0.1) is 18.8 Å². The molecule has 9 nitrogen and oxygen atoms in total. The molecule has 0 aliphatic rings. The Hall–Kier alpha value is -3.95. The number of hydrogen-bond donors (Lipinski definition) is 2. The molecule has 0 radical (unpaired) electrons. The quantitative estimate of drug-likeness (QED) is 0.537. The van der Waals surface area contributed by atoms with Crippen LogP contribution in [-0.2, 0) is 13.6 Å². The molecule has 10 heteroatoms.